The van der Waals surface area contributed by atoms with Gasteiger partial charge in [-0.1, -0.05) is 43.0 Å². The van der Waals surface area contributed by atoms with Gasteiger partial charge in [-0.3, -0.25) is 9.69 Å². The molecule has 2 aromatic heterocycles. The van der Waals surface area contributed by atoms with Crippen LogP contribution in [0, 0.1) is 0 Å². The highest BCUT2D eigenvalue weighted by atomic mass is 35.5. The van der Waals surface area contributed by atoms with Crippen molar-refractivity contribution in [3.05, 3.63) is 72.7 Å². The number of H-pyrrole nitrogens is 1. The number of nitrogens with zero attached hydrogens (tertiary/aromatic N) is 2. The molecule has 1 aliphatic heterocycles. The molecule has 156 valence electrons. The maximum absolute atomic E-state index is 12.8. The lowest BCUT2D eigenvalue weighted by Crippen LogP contribution is -2.37. The van der Waals surface area contributed by atoms with Gasteiger partial charge in [0.25, 0.3) is 5.56 Å². The van der Waals surface area contributed by atoms with E-state index in [0.717, 1.165) is 36.3 Å². The number of nitrogens with one attached hydrogen (secondary N) is 1. The highest BCUT2D eigenvalue weighted by Crippen LogP contribution is 2.31. The quantitative estimate of drug-likeness (QED) is 0.638. The Morgan fingerprint density at radius 3 is 2.80 bits per heavy atom. The van der Waals surface area contributed by atoms with Crippen LogP contribution in [0.1, 0.15) is 60.7 Å². The number of halogens is 1. The van der Waals surface area contributed by atoms with Crippen molar-refractivity contribution < 1.29 is 4.42 Å². The fraction of sp³-hybridized carbons (Fsp3) is 0.435. The first-order chi connectivity index (χ1) is 14.6. The topological polar surface area (TPSA) is 79.2 Å². The average molecular weight is 426 g/mol. The number of rotatable bonds is 3. The van der Waals surface area contributed by atoms with Crippen molar-refractivity contribution in [2.75, 3.05) is 6.54 Å². The first-order valence-corrected chi connectivity index (χ1v) is 11.0. The molecule has 0 amide bonds. The molecule has 7 heteroatoms. The number of hydrogen-bond acceptors (Lipinski definition) is 5. The molecule has 1 saturated carbocycles. The van der Waals surface area contributed by atoms with Gasteiger partial charge in [0.1, 0.15) is 11.4 Å². The molecule has 0 atom stereocenters. The summed E-state index contributed by atoms with van der Waals surface area (Å²) in [5.41, 5.74) is 2.03. The molecule has 0 unspecified atom stereocenters. The zero-order chi connectivity index (χ0) is 20.7. The van der Waals surface area contributed by atoms with Crippen molar-refractivity contribution >= 4 is 22.6 Å². The zero-order valence-corrected chi connectivity index (χ0v) is 17.5. The third-order valence-electron chi connectivity index (χ3n) is 6.38. The average Bonchev–Trinajstić information content (AvgIpc) is 2.77. The van der Waals surface area contributed by atoms with Gasteiger partial charge in [0.15, 0.2) is 0 Å². The molecule has 1 aliphatic carbocycles. The summed E-state index contributed by atoms with van der Waals surface area (Å²) in [6, 6.07) is 7.25. The molecule has 0 radical (unpaired) electrons. The van der Waals surface area contributed by atoms with Gasteiger partial charge in [-0.2, -0.15) is 0 Å². The van der Waals surface area contributed by atoms with Gasteiger partial charge in [-0.25, -0.2) is 9.78 Å². The summed E-state index contributed by atoms with van der Waals surface area (Å²) in [6.45, 7) is 1.51. The lowest BCUT2D eigenvalue weighted by molar-refractivity contribution is 0.238. The smallest absolute Gasteiger partial charge is 0.342 e. The molecule has 0 bridgehead atoms. The first kappa shape index (κ1) is 19.5. The van der Waals surface area contributed by atoms with E-state index in [1.807, 2.05) is 18.2 Å². The van der Waals surface area contributed by atoms with Gasteiger partial charge in [0.2, 0.25) is 0 Å². The van der Waals surface area contributed by atoms with Gasteiger partial charge in [0.05, 0.1) is 21.8 Å². The highest BCUT2D eigenvalue weighted by Gasteiger charge is 2.26. The number of hydrogen-bond donors (Lipinski definition) is 1. The van der Waals surface area contributed by atoms with E-state index in [4.69, 9.17) is 21.0 Å². The predicted octanol–water partition coefficient (Wildman–Crippen LogP) is 4.14. The molecule has 1 fully saturated rings. The SMILES string of the molecule is O=c1[nH]c(C2CCCCC2)nc2c1CN(Cc1c(Cl)c3ccccc3oc1=O)CC2. The second-order valence-electron chi connectivity index (χ2n) is 8.35. The van der Waals surface area contributed by atoms with Crippen LogP contribution in [0.2, 0.25) is 5.02 Å². The molecule has 6 nitrogen and oxygen atoms in total. The lowest BCUT2D eigenvalue weighted by Gasteiger charge is -2.28. The lowest BCUT2D eigenvalue weighted by atomic mass is 9.88. The number of aromatic amines is 1. The van der Waals surface area contributed by atoms with Crippen molar-refractivity contribution in [1.82, 2.24) is 14.9 Å². The molecule has 1 aromatic carbocycles. The molecular formula is C23H24ClN3O3. The van der Waals surface area contributed by atoms with Crippen LogP contribution in [0.4, 0.5) is 0 Å². The van der Waals surface area contributed by atoms with Crippen LogP contribution in [-0.2, 0) is 19.5 Å². The summed E-state index contributed by atoms with van der Waals surface area (Å²) in [5, 5.41) is 1.15. The maximum Gasteiger partial charge on any atom is 0.342 e. The van der Waals surface area contributed by atoms with Crippen molar-refractivity contribution in [2.45, 2.75) is 57.5 Å². The summed E-state index contributed by atoms with van der Waals surface area (Å²) in [6.07, 6.45) is 6.57. The number of fused-ring (bicyclic) bond motifs is 2. The molecular weight excluding hydrogens is 402 g/mol. The van der Waals surface area contributed by atoms with E-state index in [2.05, 4.69) is 9.88 Å². The van der Waals surface area contributed by atoms with Crippen LogP contribution >= 0.6 is 11.6 Å². The maximum atomic E-state index is 12.8. The monoisotopic (exact) mass is 425 g/mol. The van der Waals surface area contributed by atoms with E-state index in [9.17, 15) is 9.59 Å². The summed E-state index contributed by atoms with van der Waals surface area (Å²) >= 11 is 6.54. The van der Waals surface area contributed by atoms with E-state index in [-0.39, 0.29) is 5.56 Å². The number of aromatic nitrogens is 2. The Labute approximate surface area is 178 Å². The van der Waals surface area contributed by atoms with Crippen molar-refractivity contribution in [3.8, 4) is 0 Å². The van der Waals surface area contributed by atoms with Crippen LogP contribution in [0.3, 0.4) is 0 Å². The molecule has 2 aliphatic rings. The molecule has 1 N–H and O–H groups in total. The van der Waals surface area contributed by atoms with E-state index in [0.29, 0.717) is 47.2 Å². The molecule has 30 heavy (non-hydrogen) atoms. The Kier molecular flexibility index (Phi) is 5.21. The van der Waals surface area contributed by atoms with E-state index in [1.165, 1.54) is 19.3 Å². The minimum atomic E-state index is -0.427. The van der Waals surface area contributed by atoms with Crippen LogP contribution < -0.4 is 11.2 Å². The largest absolute Gasteiger partial charge is 0.422 e. The van der Waals surface area contributed by atoms with Gasteiger partial charge in [0, 0.05) is 37.4 Å². The minimum absolute atomic E-state index is 0.0538. The Balaban J connectivity index is 1.41. The molecule has 3 heterocycles. The Bertz CT molecular complexity index is 1210. The third-order valence-corrected chi connectivity index (χ3v) is 6.81. The van der Waals surface area contributed by atoms with Gasteiger partial charge >= 0.3 is 5.63 Å². The summed E-state index contributed by atoms with van der Waals surface area (Å²) < 4.78 is 5.44. The van der Waals surface area contributed by atoms with Crippen LogP contribution in [0.15, 0.2) is 38.3 Å². The van der Waals surface area contributed by atoms with Crippen molar-refractivity contribution in [3.63, 3.8) is 0 Å². The third kappa shape index (κ3) is 3.59. The predicted molar refractivity (Wildman–Crippen MR) is 116 cm³/mol. The highest BCUT2D eigenvalue weighted by molar-refractivity contribution is 6.35. The fourth-order valence-corrected chi connectivity index (χ4v) is 5.01. The van der Waals surface area contributed by atoms with Gasteiger partial charge in [-0.15, -0.1) is 0 Å². The molecule has 3 aromatic rings. The Morgan fingerprint density at radius 1 is 1.17 bits per heavy atom. The second-order valence-corrected chi connectivity index (χ2v) is 8.73. The van der Waals surface area contributed by atoms with E-state index in [1.54, 1.807) is 6.07 Å². The fourth-order valence-electron chi connectivity index (χ4n) is 4.71. The summed E-state index contributed by atoms with van der Waals surface area (Å²) in [5.74, 6) is 1.22. The van der Waals surface area contributed by atoms with Crippen molar-refractivity contribution in [2.24, 2.45) is 0 Å². The van der Waals surface area contributed by atoms with Crippen molar-refractivity contribution in [1.29, 1.82) is 0 Å². The van der Waals surface area contributed by atoms with Gasteiger partial charge < -0.3 is 9.40 Å². The Morgan fingerprint density at radius 2 is 1.97 bits per heavy atom. The zero-order valence-electron chi connectivity index (χ0n) is 16.7. The standard InChI is InChI=1S/C23H24ClN3O3/c24-20-15-8-4-5-9-19(15)30-23(29)17(20)13-27-11-10-18-16(12-27)22(28)26-21(25-18)14-6-2-1-3-7-14/h4-5,8-9,14H,1-3,6-7,10-13H2,(H,25,26,28). The van der Waals surface area contributed by atoms with Crippen LogP contribution in [-0.4, -0.2) is 21.4 Å². The summed E-state index contributed by atoms with van der Waals surface area (Å²) in [4.78, 5) is 35.2. The molecule has 0 spiro atoms. The van der Waals surface area contributed by atoms with E-state index >= 15 is 0 Å². The Hall–Kier alpha value is -2.44. The minimum Gasteiger partial charge on any atom is -0.422 e. The van der Waals surface area contributed by atoms with Crippen LogP contribution in [0.25, 0.3) is 11.0 Å². The number of benzene rings is 1. The molecule has 5 rings (SSSR count). The van der Waals surface area contributed by atoms with Crippen LogP contribution in [0.5, 0.6) is 0 Å². The summed E-state index contributed by atoms with van der Waals surface area (Å²) in [7, 11) is 0. The van der Waals surface area contributed by atoms with Gasteiger partial charge in [-0.05, 0) is 25.0 Å². The van der Waals surface area contributed by atoms with E-state index < -0.39 is 5.63 Å². The number of para-hydroxylation sites is 1. The normalized spacial score (nSPS) is 17.9. The second kappa shape index (κ2) is 8.00. The molecule has 0 saturated heterocycles. The first-order valence-electron chi connectivity index (χ1n) is 10.6.